The number of halogens is 2. The molecule has 9 heteroatoms. The number of hydrogen-bond donors (Lipinski definition) is 1. The van der Waals surface area contributed by atoms with Gasteiger partial charge in [-0.3, -0.25) is 14.6 Å². The summed E-state index contributed by atoms with van der Waals surface area (Å²) in [7, 11) is 1.81. The molecule has 2 N–H and O–H groups in total. The van der Waals surface area contributed by atoms with Crippen LogP contribution in [0.5, 0.6) is 0 Å². The first-order chi connectivity index (χ1) is 17.8. The lowest BCUT2D eigenvalue weighted by atomic mass is 10.0. The van der Waals surface area contributed by atoms with Crippen LogP contribution in [0.25, 0.3) is 11.1 Å². The van der Waals surface area contributed by atoms with Gasteiger partial charge in [-0.05, 0) is 66.9 Å². The SMILES string of the molecule is CN(C(=O)CN(CC(N)=O)c1ccc(Cl)c(Cl)c1)C(CN1CCCC1)c1ccc(-c2cccnc2)cc1. The molecule has 0 spiro atoms. The Bertz CT molecular complexity index is 1220. The number of pyridine rings is 1. The van der Waals surface area contributed by atoms with Crippen molar-refractivity contribution >= 4 is 40.7 Å². The minimum atomic E-state index is -0.541. The highest BCUT2D eigenvalue weighted by Gasteiger charge is 2.27. The average molecular weight is 540 g/mol. The molecule has 1 saturated heterocycles. The summed E-state index contributed by atoms with van der Waals surface area (Å²) >= 11 is 12.3. The van der Waals surface area contributed by atoms with Crippen molar-refractivity contribution in [1.29, 1.82) is 0 Å². The summed E-state index contributed by atoms with van der Waals surface area (Å²) in [5.74, 6) is -0.672. The van der Waals surface area contributed by atoms with Crippen molar-refractivity contribution in [3.05, 3.63) is 82.6 Å². The van der Waals surface area contributed by atoms with Crippen LogP contribution < -0.4 is 10.6 Å². The van der Waals surface area contributed by atoms with Gasteiger partial charge in [0.15, 0.2) is 0 Å². The second-order valence-corrected chi connectivity index (χ2v) is 10.1. The van der Waals surface area contributed by atoms with Crippen LogP contribution in [0, 0.1) is 0 Å². The number of carbonyl (C=O) groups is 2. The zero-order valence-corrected chi connectivity index (χ0v) is 22.3. The highest BCUT2D eigenvalue weighted by atomic mass is 35.5. The summed E-state index contributed by atoms with van der Waals surface area (Å²) < 4.78 is 0. The lowest BCUT2D eigenvalue weighted by Crippen LogP contribution is -2.45. The summed E-state index contributed by atoms with van der Waals surface area (Å²) in [6.45, 7) is 2.62. The molecule has 3 aromatic rings. The van der Waals surface area contributed by atoms with E-state index in [2.05, 4.69) is 34.1 Å². The number of carbonyl (C=O) groups excluding carboxylic acids is 2. The summed E-state index contributed by atoms with van der Waals surface area (Å²) in [6, 6.07) is 17.1. The molecular weight excluding hydrogens is 509 g/mol. The van der Waals surface area contributed by atoms with Gasteiger partial charge >= 0.3 is 0 Å². The molecule has 2 heterocycles. The number of rotatable bonds is 10. The second-order valence-electron chi connectivity index (χ2n) is 9.31. The monoisotopic (exact) mass is 539 g/mol. The van der Waals surface area contributed by atoms with Gasteiger partial charge in [-0.25, -0.2) is 0 Å². The molecule has 1 aliphatic heterocycles. The first-order valence-electron chi connectivity index (χ1n) is 12.3. The highest BCUT2D eigenvalue weighted by Crippen LogP contribution is 2.29. The van der Waals surface area contributed by atoms with Gasteiger partial charge < -0.3 is 20.4 Å². The third-order valence-corrected chi connectivity index (χ3v) is 7.46. The number of aromatic nitrogens is 1. The highest BCUT2D eigenvalue weighted by molar-refractivity contribution is 6.42. The van der Waals surface area contributed by atoms with E-state index in [9.17, 15) is 9.59 Å². The average Bonchev–Trinajstić information content (AvgIpc) is 3.42. The van der Waals surface area contributed by atoms with Crippen molar-refractivity contribution < 1.29 is 9.59 Å². The van der Waals surface area contributed by atoms with Crippen molar-refractivity contribution in [2.24, 2.45) is 5.73 Å². The molecule has 0 bridgehead atoms. The van der Waals surface area contributed by atoms with E-state index in [0.29, 0.717) is 15.7 Å². The number of likely N-dealkylation sites (tertiary alicyclic amines) is 1. The van der Waals surface area contributed by atoms with Crippen LogP contribution in [-0.2, 0) is 9.59 Å². The Hall–Kier alpha value is -3.13. The van der Waals surface area contributed by atoms with E-state index in [1.165, 1.54) is 0 Å². The number of likely N-dealkylation sites (N-methyl/N-ethyl adjacent to an activating group) is 1. The van der Waals surface area contributed by atoms with Crippen LogP contribution >= 0.6 is 23.2 Å². The normalized spacial score (nSPS) is 14.4. The maximum atomic E-state index is 13.6. The molecule has 1 unspecified atom stereocenters. The third-order valence-electron chi connectivity index (χ3n) is 6.72. The van der Waals surface area contributed by atoms with Crippen molar-refractivity contribution in [2.75, 3.05) is 44.7 Å². The van der Waals surface area contributed by atoms with Gasteiger partial charge in [-0.1, -0.05) is 53.5 Å². The first kappa shape index (κ1) is 26.9. The zero-order valence-electron chi connectivity index (χ0n) is 20.8. The van der Waals surface area contributed by atoms with Gasteiger partial charge in [0.2, 0.25) is 11.8 Å². The van der Waals surface area contributed by atoms with Crippen molar-refractivity contribution in [3.63, 3.8) is 0 Å². The lowest BCUT2D eigenvalue weighted by Gasteiger charge is -2.34. The topological polar surface area (TPSA) is 82.8 Å². The van der Waals surface area contributed by atoms with E-state index in [-0.39, 0.29) is 25.0 Å². The van der Waals surface area contributed by atoms with Gasteiger partial charge in [-0.15, -0.1) is 0 Å². The van der Waals surface area contributed by atoms with Crippen molar-refractivity contribution in [2.45, 2.75) is 18.9 Å². The largest absolute Gasteiger partial charge is 0.368 e. The third kappa shape index (κ3) is 7.01. The fourth-order valence-corrected chi connectivity index (χ4v) is 4.94. The Balaban J connectivity index is 1.57. The van der Waals surface area contributed by atoms with Crippen molar-refractivity contribution in [3.8, 4) is 11.1 Å². The van der Waals surface area contributed by atoms with Crippen LogP contribution in [0.15, 0.2) is 67.0 Å². The quantitative estimate of drug-likeness (QED) is 0.405. The zero-order chi connectivity index (χ0) is 26.4. The molecule has 37 heavy (non-hydrogen) atoms. The van der Waals surface area contributed by atoms with E-state index >= 15 is 0 Å². The molecule has 1 atom stereocenters. The maximum absolute atomic E-state index is 13.6. The molecule has 2 aromatic carbocycles. The van der Waals surface area contributed by atoms with Gasteiger partial charge in [0.05, 0.1) is 29.2 Å². The Morgan fingerprint density at radius 3 is 2.35 bits per heavy atom. The van der Waals surface area contributed by atoms with E-state index in [0.717, 1.165) is 49.2 Å². The Morgan fingerprint density at radius 2 is 1.73 bits per heavy atom. The predicted molar refractivity (Wildman–Crippen MR) is 149 cm³/mol. The molecule has 4 rings (SSSR count). The smallest absolute Gasteiger partial charge is 0.242 e. The molecule has 0 saturated carbocycles. The number of nitrogens with two attached hydrogens (primary N) is 1. The molecule has 1 aliphatic rings. The van der Waals surface area contributed by atoms with E-state index < -0.39 is 5.91 Å². The molecule has 0 radical (unpaired) electrons. The van der Waals surface area contributed by atoms with E-state index in [4.69, 9.17) is 28.9 Å². The molecular formula is C28H31Cl2N5O2. The summed E-state index contributed by atoms with van der Waals surface area (Å²) in [5, 5.41) is 0.739. The van der Waals surface area contributed by atoms with Gasteiger partial charge in [0.1, 0.15) is 0 Å². The number of hydrogen-bond acceptors (Lipinski definition) is 5. The van der Waals surface area contributed by atoms with E-state index in [1.54, 1.807) is 34.2 Å². The molecule has 1 fully saturated rings. The molecule has 7 nitrogen and oxygen atoms in total. The Labute approximate surface area is 227 Å². The molecule has 194 valence electrons. The van der Waals surface area contributed by atoms with Crippen LogP contribution in [0.3, 0.4) is 0 Å². The second kappa shape index (κ2) is 12.4. The standard InChI is InChI=1S/C28H31Cl2N5O2/c1-33(28(37)19-35(18-27(31)36)23-10-11-24(29)25(30)15-23)26(17-34-13-2-3-14-34)21-8-6-20(7-9-21)22-5-4-12-32-16-22/h4-12,15-16,26H,2-3,13-14,17-19H2,1H3,(H2,31,36). The number of benzene rings is 2. The van der Waals surface area contributed by atoms with Crippen LogP contribution in [-0.4, -0.2) is 66.4 Å². The Morgan fingerprint density at radius 1 is 1.00 bits per heavy atom. The van der Waals surface area contributed by atoms with Gasteiger partial charge in [-0.2, -0.15) is 0 Å². The minimum Gasteiger partial charge on any atom is -0.368 e. The Kier molecular flexibility index (Phi) is 9.03. The molecule has 1 aromatic heterocycles. The van der Waals surface area contributed by atoms with Crippen molar-refractivity contribution in [1.82, 2.24) is 14.8 Å². The predicted octanol–water partition coefficient (Wildman–Crippen LogP) is 4.64. The van der Waals surface area contributed by atoms with Crippen LogP contribution in [0.2, 0.25) is 10.0 Å². The van der Waals surface area contributed by atoms with Crippen LogP contribution in [0.1, 0.15) is 24.4 Å². The summed E-state index contributed by atoms with van der Waals surface area (Å²) in [6.07, 6.45) is 5.91. The maximum Gasteiger partial charge on any atom is 0.242 e. The number of nitrogens with zero attached hydrogens (tertiary/aromatic N) is 4. The van der Waals surface area contributed by atoms with E-state index in [1.807, 2.05) is 25.4 Å². The fourth-order valence-electron chi connectivity index (χ4n) is 4.65. The van der Waals surface area contributed by atoms with Crippen LogP contribution in [0.4, 0.5) is 5.69 Å². The minimum absolute atomic E-state index is 0.0261. The summed E-state index contributed by atoms with van der Waals surface area (Å²) in [5.41, 5.74) is 9.26. The molecule has 2 amide bonds. The fraction of sp³-hybridized carbons (Fsp3) is 0.321. The van der Waals surface area contributed by atoms with Gasteiger partial charge in [0, 0.05) is 31.7 Å². The summed E-state index contributed by atoms with van der Waals surface area (Å²) in [4.78, 5) is 35.4. The number of primary amides is 1. The number of anilines is 1. The van der Waals surface area contributed by atoms with Gasteiger partial charge in [0.25, 0.3) is 0 Å². The first-order valence-corrected chi connectivity index (χ1v) is 13.0. The molecule has 0 aliphatic carbocycles. The lowest BCUT2D eigenvalue weighted by molar-refractivity contribution is -0.131. The number of amides is 2.